The average molecular weight is 285 g/mol. The summed E-state index contributed by atoms with van der Waals surface area (Å²) in [7, 11) is 0. The zero-order valence-electron chi connectivity index (χ0n) is 12.7. The van der Waals surface area contributed by atoms with E-state index in [4.69, 9.17) is 9.84 Å². The van der Waals surface area contributed by atoms with Gasteiger partial charge in [0.2, 0.25) is 0 Å². The minimum absolute atomic E-state index is 0.00244. The Kier molecular flexibility index (Phi) is 3.98. The molecule has 0 fully saturated rings. The highest BCUT2D eigenvalue weighted by molar-refractivity contribution is 5.85. The molecule has 1 N–H and O–H groups in total. The molecule has 2 aromatic rings. The highest BCUT2D eigenvalue weighted by atomic mass is 16.5. The summed E-state index contributed by atoms with van der Waals surface area (Å²) in [5, 5.41) is 8.85. The molecule has 0 aliphatic carbocycles. The van der Waals surface area contributed by atoms with Crippen molar-refractivity contribution in [2.75, 3.05) is 0 Å². The number of aryl methyl sites for hydroxylation is 1. The molecule has 1 aromatic carbocycles. The van der Waals surface area contributed by atoms with E-state index in [-0.39, 0.29) is 11.1 Å². The number of hydrogen-bond acceptors (Lipinski definition) is 3. The van der Waals surface area contributed by atoms with Gasteiger partial charge in [-0.3, -0.25) is 0 Å². The van der Waals surface area contributed by atoms with Gasteiger partial charge in [0, 0.05) is 5.56 Å². The van der Waals surface area contributed by atoms with Crippen molar-refractivity contribution in [2.45, 2.75) is 33.1 Å². The Morgan fingerprint density at radius 1 is 1.19 bits per heavy atom. The number of aromatic nitrogens is 1. The molecule has 0 amide bonds. The molecule has 0 aliphatic heterocycles. The van der Waals surface area contributed by atoms with Crippen LogP contribution in [0.2, 0.25) is 0 Å². The fourth-order valence-electron chi connectivity index (χ4n) is 2.03. The number of aromatic carboxylic acids is 1. The van der Waals surface area contributed by atoms with Gasteiger partial charge in [-0.25, -0.2) is 9.78 Å². The van der Waals surface area contributed by atoms with Crippen molar-refractivity contribution in [1.82, 2.24) is 4.98 Å². The molecule has 21 heavy (non-hydrogen) atoms. The minimum Gasteiger partial charge on any atom is -0.477 e. The van der Waals surface area contributed by atoms with Crippen LogP contribution >= 0.6 is 0 Å². The largest absolute Gasteiger partial charge is 0.477 e. The van der Waals surface area contributed by atoms with Gasteiger partial charge in [-0.05, 0) is 36.1 Å². The maximum absolute atomic E-state index is 10.8. The Hall–Kier alpha value is -2.36. The standard InChI is InChI=1S/C17H19NO3/c1-11-5-7-13(17(2,3)4)15(9-11)21-12-6-8-14(16(19)20)18-10-12/h5-10H,1-4H3,(H,19,20). The van der Waals surface area contributed by atoms with Crippen LogP contribution in [0.25, 0.3) is 0 Å². The first kappa shape index (κ1) is 15.0. The van der Waals surface area contributed by atoms with Gasteiger partial charge >= 0.3 is 5.97 Å². The van der Waals surface area contributed by atoms with E-state index in [9.17, 15) is 4.79 Å². The lowest BCUT2D eigenvalue weighted by molar-refractivity contribution is 0.0690. The molecule has 0 atom stereocenters. The number of carboxylic acid groups (broad SMARTS) is 1. The van der Waals surface area contributed by atoms with Crippen LogP contribution in [0.3, 0.4) is 0 Å². The second-order valence-corrected chi connectivity index (χ2v) is 6.04. The smallest absolute Gasteiger partial charge is 0.354 e. The highest BCUT2D eigenvalue weighted by Gasteiger charge is 2.19. The van der Waals surface area contributed by atoms with Gasteiger partial charge in [-0.2, -0.15) is 0 Å². The second kappa shape index (κ2) is 5.56. The van der Waals surface area contributed by atoms with Gasteiger partial charge in [0.15, 0.2) is 0 Å². The fourth-order valence-corrected chi connectivity index (χ4v) is 2.03. The molecule has 110 valence electrons. The summed E-state index contributed by atoms with van der Waals surface area (Å²) in [5.41, 5.74) is 2.16. The fraction of sp³-hybridized carbons (Fsp3) is 0.294. The Bertz CT molecular complexity index is 655. The number of pyridine rings is 1. The number of ether oxygens (including phenoxy) is 1. The zero-order valence-corrected chi connectivity index (χ0v) is 12.7. The maximum atomic E-state index is 10.8. The van der Waals surface area contributed by atoms with Crippen LogP contribution in [0.15, 0.2) is 36.5 Å². The first-order chi connectivity index (χ1) is 9.77. The monoisotopic (exact) mass is 285 g/mol. The SMILES string of the molecule is Cc1ccc(C(C)(C)C)c(Oc2ccc(C(=O)O)nc2)c1. The highest BCUT2D eigenvalue weighted by Crippen LogP contribution is 2.34. The molecule has 1 heterocycles. The van der Waals surface area contributed by atoms with Crippen molar-refractivity contribution < 1.29 is 14.6 Å². The summed E-state index contributed by atoms with van der Waals surface area (Å²) < 4.78 is 5.90. The van der Waals surface area contributed by atoms with Crippen LogP contribution in [0.5, 0.6) is 11.5 Å². The maximum Gasteiger partial charge on any atom is 0.354 e. The number of benzene rings is 1. The molecule has 0 saturated carbocycles. The first-order valence-corrected chi connectivity index (χ1v) is 6.76. The van der Waals surface area contributed by atoms with E-state index in [0.717, 1.165) is 16.9 Å². The molecule has 0 saturated heterocycles. The summed E-state index contributed by atoms with van der Waals surface area (Å²) >= 11 is 0. The van der Waals surface area contributed by atoms with Crippen LogP contribution in [0.1, 0.15) is 42.4 Å². The quantitative estimate of drug-likeness (QED) is 0.919. The van der Waals surface area contributed by atoms with Crippen LogP contribution in [-0.4, -0.2) is 16.1 Å². The molecule has 0 unspecified atom stereocenters. The van der Waals surface area contributed by atoms with E-state index in [0.29, 0.717) is 5.75 Å². The van der Waals surface area contributed by atoms with Crippen LogP contribution in [-0.2, 0) is 5.41 Å². The van der Waals surface area contributed by atoms with E-state index >= 15 is 0 Å². The molecular weight excluding hydrogens is 266 g/mol. The summed E-state index contributed by atoms with van der Waals surface area (Å²) in [6.45, 7) is 8.37. The average Bonchev–Trinajstić information content (AvgIpc) is 2.38. The Labute approximate surface area is 124 Å². The van der Waals surface area contributed by atoms with E-state index in [1.54, 1.807) is 6.07 Å². The lowest BCUT2D eigenvalue weighted by Gasteiger charge is -2.23. The minimum atomic E-state index is -1.05. The Balaban J connectivity index is 2.34. The Morgan fingerprint density at radius 3 is 2.43 bits per heavy atom. The van der Waals surface area contributed by atoms with Crippen molar-refractivity contribution >= 4 is 5.97 Å². The van der Waals surface area contributed by atoms with Crippen LogP contribution in [0, 0.1) is 6.92 Å². The summed E-state index contributed by atoms with van der Waals surface area (Å²) in [6, 6.07) is 9.14. The van der Waals surface area contributed by atoms with Crippen LogP contribution < -0.4 is 4.74 Å². The van der Waals surface area contributed by atoms with Crippen molar-refractivity contribution in [3.63, 3.8) is 0 Å². The zero-order chi connectivity index (χ0) is 15.6. The molecule has 1 aromatic heterocycles. The number of carbonyl (C=O) groups is 1. The molecule has 2 rings (SSSR count). The third-order valence-corrected chi connectivity index (χ3v) is 3.13. The van der Waals surface area contributed by atoms with Crippen molar-refractivity contribution in [1.29, 1.82) is 0 Å². The number of nitrogens with zero attached hydrogens (tertiary/aromatic N) is 1. The number of hydrogen-bond donors (Lipinski definition) is 1. The number of carboxylic acids is 1. The van der Waals surface area contributed by atoms with Crippen molar-refractivity contribution in [3.8, 4) is 11.5 Å². The molecule has 4 heteroatoms. The van der Waals surface area contributed by atoms with Gasteiger partial charge in [0.1, 0.15) is 17.2 Å². The predicted molar refractivity (Wildman–Crippen MR) is 81.1 cm³/mol. The normalized spacial score (nSPS) is 11.2. The molecule has 0 bridgehead atoms. The summed E-state index contributed by atoms with van der Waals surface area (Å²) in [5.74, 6) is 0.246. The summed E-state index contributed by atoms with van der Waals surface area (Å²) in [4.78, 5) is 14.7. The third-order valence-electron chi connectivity index (χ3n) is 3.13. The van der Waals surface area contributed by atoms with E-state index < -0.39 is 5.97 Å². The molecule has 4 nitrogen and oxygen atoms in total. The van der Waals surface area contributed by atoms with Crippen molar-refractivity contribution in [3.05, 3.63) is 53.3 Å². The van der Waals surface area contributed by atoms with E-state index in [1.807, 2.05) is 13.0 Å². The van der Waals surface area contributed by atoms with Gasteiger partial charge in [0.25, 0.3) is 0 Å². The summed E-state index contributed by atoms with van der Waals surface area (Å²) in [6.07, 6.45) is 1.43. The third kappa shape index (κ3) is 3.60. The molecular formula is C17H19NO3. The molecule has 0 radical (unpaired) electrons. The lowest BCUT2D eigenvalue weighted by Crippen LogP contribution is -2.12. The van der Waals surface area contributed by atoms with E-state index in [1.165, 1.54) is 12.3 Å². The van der Waals surface area contributed by atoms with Gasteiger partial charge in [-0.15, -0.1) is 0 Å². The lowest BCUT2D eigenvalue weighted by atomic mass is 9.86. The van der Waals surface area contributed by atoms with Crippen LogP contribution in [0.4, 0.5) is 0 Å². The topological polar surface area (TPSA) is 59.4 Å². The predicted octanol–water partition coefficient (Wildman–Crippen LogP) is 4.18. The first-order valence-electron chi connectivity index (χ1n) is 6.76. The van der Waals surface area contributed by atoms with Gasteiger partial charge in [0.05, 0.1) is 6.20 Å². The second-order valence-electron chi connectivity index (χ2n) is 6.04. The van der Waals surface area contributed by atoms with Crippen molar-refractivity contribution in [2.24, 2.45) is 0 Å². The van der Waals surface area contributed by atoms with E-state index in [2.05, 4.69) is 37.9 Å². The Morgan fingerprint density at radius 2 is 1.90 bits per heavy atom. The number of rotatable bonds is 3. The molecule has 0 spiro atoms. The molecule has 0 aliphatic rings. The van der Waals surface area contributed by atoms with Gasteiger partial charge < -0.3 is 9.84 Å². The van der Waals surface area contributed by atoms with Gasteiger partial charge in [-0.1, -0.05) is 32.9 Å².